The number of carbonyl (C=O) groups is 1. The molecule has 2 aromatic rings. The van der Waals surface area contributed by atoms with Gasteiger partial charge >= 0.3 is 0 Å². The third-order valence-corrected chi connectivity index (χ3v) is 4.64. The first-order chi connectivity index (χ1) is 9.77. The molecule has 0 unspecified atom stereocenters. The number of nitrogens with zero attached hydrogens (tertiary/aromatic N) is 1. The molecule has 1 aliphatic rings. The summed E-state index contributed by atoms with van der Waals surface area (Å²) in [7, 11) is 0. The Morgan fingerprint density at radius 3 is 2.75 bits per heavy atom. The summed E-state index contributed by atoms with van der Waals surface area (Å²) < 4.78 is 0. The summed E-state index contributed by atoms with van der Waals surface area (Å²) in [6, 6.07) is 12.0. The van der Waals surface area contributed by atoms with E-state index in [1.807, 2.05) is 30.3 Å². The number of carbonyl (C=O) groups excluding carboxylic acids is 1. The summed E-state index contributed by atoms with van der Waals surface area (Å²) in [5.74, 6) is -0.265. The van der Waals surface area contributed by atoms with E-state index in [0.29, 0.717) is 6.04 Å². The molecule has 20 heavy (non-hydrogen) atoms. The predicted octanol–water partition coefficient (Wildman–Crippen LogP) is 3.11. The molecule has 4 heteroatoms. The Kier molecular flexibility index (Phi) is 3.85. The van der Waals surface area contributed by atoms with Gasteiger partial charge in [-0.05, 0) is 47.3 Å². The Morgan fingerprint density at radius 2 is 2.10 bits per heavy atom. The van der Waals surface area contributed by atoms with Crippen molar-refractivity contribution in [3.8, 4) is 0 Å². The van der Waals surface area contributed by atoms with Crippen molar-refractivity contribution in [2.45, 2.75) is 24.9 Å². The van der Waals surface area contributed by atoms with Crippen molar-refractivity contribution in [2.75, 3.05) is 6.54 Å². The van der Waals surface area contributed by atoms with Gasteiger partial charge in [-0.25, -0.2) is 0 Å². The molecule has 1 amide bonds. The van der Waals surface area contributed by atoms with Crippen LogP contribution in [0.2, 0.25) is 0 Å². The Hall–Kier alpha value is -1.65. The second kappa shape index (κ2) is 5.77. The van der Waals surface area contributed by atoms with Crippen molar-refractivity contribution in [1.82, 2.24) is 4.90 Å². The lowest BCUT2D eigenvalue weighted by molar-refractivity contribution is -0.123. The fourth-order valence-electron chi connectivity index (χ4n) is 3.08. The number of benzene rings is 1. The quantitative estimate of drug-likeness (QED) is 0.938. The monoisotopic (exact) mass is 286 g/mol. The fraction of sp³-hybridized carbons (Fsp3) is 0.312. The summed E-state index contributed by atoms with van der Waals surface area (Å²) in [4.78, 5) is 14.2. The van der Waals surface area contributed by atoms with Crippen LogP contribution in [0.3, 0.4) is 0 Å². The molecule has 3 rings (SSSR count). The minimum absolute atomic E-state index is 0.265. The van der Waals surface area contributed by atoms with Gasteiger partial charge in [0.25, 0.3) is 0 Å². The maximum absolute atomic E-state index is 12.0. The zero-order valence-corrected chi connectivity index (χ0v) is 12.1. The van der Waals surface area contributed by atoms with Crippen LogP contribution in [0.4, 0.5) is 0 Å². The summed E-state index contributed by atoms with van der Waals surface area (Å²) in [5.41, 5.74) is 7.97. The predicted molar refractivity (Wildman–Crippen MR) is 81.4 cm³/mol. The fourth-order valence-corrected chi connectivity index (χ4v) is 3.78. The molecule has 0 spiro atoms. The van der Waals surface area contributed by atoms with E-state index in [0.717, 1.165) is 24.9 Å². The second-order valence-electron chi connectivity index (χ2n) is 5.17. The number of hydrogen-bond donors (Lipinski definition) is 1. The molecule has 1 aliphatic heterocycles. The summed E-state index contributed by atoms with van der Waals surface area (Å²) >= 11 is 1.70. The number of amides is 1. The topological polar surface area (TPSA) is 46.3 Å². The minimum atomic E-state index is -0.330. The van der Waals surface area contributed by atoms with Crippen LogP contribution in [-0.2, 0) is 4.79 Å². The second-order valence-corrected chi connectivity index (χ2v) is 5.95. The molecule has 0 bridgehead atoms. The Labute approximate surface area is 123 Å². The van der Waals surface area contributed by atoms with Gasteiger partial charge in [-0.1, -0.05) is 30.3 Å². The van der Waals surface area contributed by atoms with Crippen molar-refractivity contribution in [3.05, 3.63) is 58.3 Å². The molecule has 0 saturated carbocycles. The summed E-state index contributed by atoms with van der Waals surface area (Å²) in [6.45, 7) is 0.920. The van der Waals surface area contributed by atoms with Crippen LogP contribution in [0.15, 0.2) is 47.2 Å². The SMILES string of the molecule is NC(=O)[C@H](c1ccccc1)N1CCC[C@H]1c1ccsc1. The highest BCUT2D eigenvalue weighted by atomic mass is 32.1. The van der Waals surface area contributed by atoms with Crippen LogP contribution in [0.5, 0.6) is 0 Å². The van der Waals surface area contributed by atoms with Gasteiger partial charge in [-0.2, -0.15) is 11.3 Å². The molecule has 0 aliphatic carbocycles. The van der Waals surface area contributed by atoms with Gasteiger partial charge in [-0.3, -0.25) is 9.69 Å². The molecule has 2 atom stereocenters. The number of primary amides is 1. The Balaban J connectivity index is 1.93. The van der Waals surface area contributed by atoms with E-state index in [1.54, 1.807) is 11.3 Å². The van der Waals surface area contributed by atoms with Gasteiger partial charge in [0.2, 0.25) is 5.91 Å². The lowest BCUT2D eigenvalue weighted by atomic mass is 10.0. The third-order valence-electron chi connectivity index (χ3n) is 3.94. The highest BCUT2D eigenvalue weighted by molar-refractivity contribution is 7.07. The van der Waals surface area contributed by atoms with E-state index in [2.05, 4.69) is 21.7 Å². The highest BCUT2D eigenvalue weighted by Gasteiger charge is 2.35. The number of likely N-dealkylation sites (tertiary alicyclic amines) is 1. The van der Waals surface area contributed by atoms with Crippen LogP contribution < -0.4 is 5.73 Å². The minimum Gasteiger partial charge on any atom is -0.368 e. The van der Waals surface area contributed by atoms with E-state index in [-0.39, 0.29) is 11.9 Å². The standard InChI is InChI=1S/C16H18N2OS/c17-16(19)15(12-5-2-1-3-6-12)18-9-4-7-14(18)13-8-10-20-11-13/h1-3,5-6,8,10-11,14-15H,4,7,9H2,(H2,17,19)/t14-,15-/m0/s1. The average molecular weight is 286 g/mol. The first-order valence-electron chi connectivity index (χ1n) is 6.89. The third kappa shape index (κ3) is 2.49. The number of thiophene rings is 1. The van der Waals surface area contributed by atoms with E-state index in [1.165, 1.54) is 5.56 Å². The average Bonchev–Trinajstić information content (AvgIpc) is 3.09. The zero-order chi connectivity index (χ0) is 13.9. The lowest BCUT2D eigenvalue weighted by Crippen LogP contribution is -2.37. The van der Waals surface area contributed by atoms with Crippen LogP contribution >= 0.6 is 11.3 Å². The zero-order valence-electron chi connectivity index (χ0n) is 11.2. The van der Waals surface area contributed by atoms with Gasteiger partial charge in [0, 0.05) is 6.04 Å². The molecule has 1 aromatic heterocycles. The summed E-state index contributed by atoms with van der Waals surface area (Å²) in [5, 5.41) is 4.26. The molecular weight excluding hydrogens is 268 g/mol. The molecule has 0 radical (unpaired) electrons. The molecular formula is C16H18N2OS. The number of nitrogens with two attached hydrogens (primary N) is 1. The molecule has 104 valence electrons. The van der Waals surface area contributed by atoms with Crippen molar-refractivity contribution < 1.29 is 4.79 Å². The van der Waals surface area contributed by atoms with Crippen molar-refractivity contribution in [3.63, 3.8) is 0 Å². The molecule has 2 heterocycles. The largest absolute Gasteiger partial charge is 0.368 e. The van der Waals surface area contributed by atoms with Gasteiger partial charge in [0.05, 0.1) is 0 Å². The first kappa shape index (κ1) is 13.3. The number of rotatable bonds is 4. The van der Waals surface area contributed by atoms with Gasteiger partial charge in [0.15, 0.2) is 0 Å². The van der Waals surface area contributed by atoms with Crippen molar-refractivity contribution >= 4 is 17.2 Å². The van der Waals surface area contributed by atoms with E-state index in [4.69, 9.17) is 5.73 Å². The smallest absolute Gasteiger partial charge is 0.239 e. The van der Waals surface area contributed by atoms with Crippen LogP contribution in [0, 0.1) is 0 Å². The normalized spacial score (nSPS) is 20.9. The molecule has 1 saturated heterocycles. The van der Waals surface area contributed by atoms with Crippen molar-refractivity contribution in [2.24, 2.45) is 5.73 Å². The van der Waals surface area contributed by atoms with Crippen molar-refractivity contribution in [1.29, 1.82) is 0 Å². The first-order valence-corrected chi connectivity index (χ1v) is 7.84. The summed E-state index contributed by atoms with van der Waals surface area (Å²) in [6.07, 6.45) is 2.20. The maximum Gasteiger partial charge on any atom is 0.239 e. The Morgan fingerprint density at radius 1 is 1.30 bits per heavy atom. The highest BCUT2D eigenvalue weighted by Crippen LogP contribution is 2.39. The van der Waals surface area contributed by atoms with Gasteiger partial charge in [-0.15, -0.1) is 0 Å². The van der Waals surface area contributed by atoms with Crippen LogP contribution in [-0.4, -0.2) is 17.4 Å². The van der Waals surface area contributed by atoms with E-state index in [9.17, 15) is 4.79 Å². The van der Waals surface area contributed by atoms with Crippen LogP contribution in [0.1, 0.15) is 36.1 Å². The van der Waals surface area contributed by atoms with E-state index < -0.39 is 0 Å². The van der Waals surface area contributed by atoms with Crippen LogP contribution in [0.25, 0.3) is 0 Å². The molecule has 2 N–H and O–H groups in total. The molecule has 1 fully saturated rings. The number of hydrogen-bond acceptors (Lipinski definition) is 3. The molecule has 3 nitrogen and oxygen atoms in total. The Bertz CT molecular complexity index is 567. The lowest BCUT2D eigenvalue weighted by Gasteiger charge is -2.31. The maximum atomic E-state index is 12.0. The van der Waals surface area contributed by atoms with Gasteiger partial charge in [0.1, 0.15) is 6.04 Å². The van der Waals surface area contributed by atoms with Gasteiger partial charge < -0.3 is 5.73 Å². The molecule has 1 aromatic carbocycles. The van der Waals surface area contributed by atoms with E-state index >= 15 is 0 Å².